The summed E-state index contributed by atoms with van der Waals surface area (Å²) in [4.78, 5) is 8.88. The second-order valence-corrected chi connectivity index (χ2v) is 5.82. The van der Waals surface area contributed by atoms with Gasteiger partial charge in [0.05, 0.1) is 11.0 Å². The van der Waals surface area contributed by atoms with Crippen LogP contribution in [0.15, 0.2) is 47.2 Å². The SMILES string of the molecule is Brc1ccc2nc(-c3ccncc3)n(C3CC3)c2c1. The van der Waals surface area contributed by atoms with E-state index in [4.69, 9.17) is 4.98 Å². The van der Waals surface area contributed by atoms with Crippen molar-refractivity contribution in [2.24, 2.45) is 0 Å². The van der Waals surface area contributed by atoms with Crippen LogP contribution >= 0.6 is 15.9 Å². The number of pyridine rings is 1. The normalized spacial score (nSPS) is 15.0. The molecule has 19 heavy (non-hydrogen) atoms. The lowest BCUT2D eigenvalue weighted by Gasteiger charge is -2.07. The Morgan fingerprint density at radius 1 is 1.11 bits per heavy atom. The van der Waals surface area contributed by atoms with Gasteiger partial charge in [0.25, 0.3) is 0 Å². The van der Waals surface area contributed by atoms with Gasteiger partial charge in [-0.15, -0.1) is 0 Å². The summed E-state index contributed by atoms with van der Waals surface area (Å²) >= 11 is 3.55. The molecule has 0 unspecified atom stereocenters. The molecule has 1 saturated carbocycles. The molecule has 94 valence electrons. The Kier molecular flexibility index (Phi) is 2.45. The summed E-state index contributed by atoms with van der Waals surface area (Å²) in [5.74, 6) is 1.05. The van der Waals surface area contributed by atoms with Gasteiger partial charge in [0.1, 0.15) is 5.82 Å². The molecular formula is C15H12BrN3. The number of rotatable bonds is 2. The van der Waals surface area contributed by atoms with Gasteiger partial charge < -0.3 is 4.57 Å². The largest absolute Gasteiger partial charge is 0.321 e. The van der Waals surface area contributed by atoms with Crippen molar-refractivity contribution < 1.29 is 0 Å². The van der Waals surface area contributed by atoms with Crippen molar-refractivity contribution in [3.8, 4) is 11.4 Å². The fraction of sp³-hybridized carbons (Fsp3) is 0.200. The molecule has 1 aromatic carbocycles. The number of benzene rings is 1. The molecule has 0 aliphatic heterocycles. The molecule has 3 nitrogen and oxygen atoms in total. The molecule has 0 spiro atoms. The minimum atomic E-state index is 0.600. The summed E-state index contributed by atoms with van der Waals surface area (Å²) in [5, 5.41) is 0. The van der Waals surface area contributed by atoms with Crippen LogP contribution in [-0.4, -0.2) is 14.5 Å². The third-order valence-corrected chi connectivity index (χ3v) is 4.00. The molecule has 0 atom stereocenters. The highest BCUT2D eigenvalue weighted by molar-refractivity contribution is 9.10. The summed E-state index contributed by atoms with van der Waals surface area (Å²) in [7, 11) is 0. The van der Waals surface area contributed by atoms with Gasteiger partial charge in [-0.2, -0.15) is 0 Å². The van der Waals surface area contributed by atoms with Crippen LogP contribution in [0.25, 0.3) is 22.4 Å². The topological polar surface area (TPSA) is 30.7 Å². The molecule has 0 bridgehead atoms. The van der Waals surface area contributed by atoms with Crippen LogP contribution in [0, 0.1) is 0 Å². The lowest BCUT2D eigenvalue weighted by molar-refractivity contribution is 0.775. The van der Waals surface area contributed by atoms with Crippen LogP contribution in [0.4, 0.5) is 0 Å². The maximum Gasteiger partial charge on any atom is 0.141 e. The van der Waals surface area contributed by atoms with Crippen LogP contribution in [-0.2, 0) is 0 Å². The molecule has 2 aromatic heterocycles. The molecular weight excluding hydrogens is 302 g/mol. The van der Waals surface area contributed by atoms with E-state index in [0.717, 1.165) is 21.4 Å². The Morgan fingerprint density at radius 2 is 1.89 bits per heavy atom. The molecule has 1 aliphatic carbocycles. The highest BCUT2D eigenvalue weighted by Crippen LogP contribution is 2.41. The third-order valence-electron chi connectivity index (χ3n) is 3.50. The second kappa shape index (κ2) is 4.17. The number of fused-ring (bicyclic) bond motifs is 1. The predicted molar refractivity (Wildman–Crippen MR) is 78.9 cm³/mol. The second-order valence-electron chi connectivity index (χ2n) is 4.91. The Labute approximate surface area is 119 Å². The lowest BCUT2D eigenvalue weighted by Crippen LogP contribution is -1.97. The van der Waals surface area contributed by atoms with E-state index >= 15 is 0 Å². The molecule has 1 fully saturated rings. The average molecular weight is 314 g/mol. The van der Waals surface area contributed by atoms with Crippen molar-refractivity contribution in [1.82, 2.24) is 14.5 Å². The van der Waals surface area contributed by atoms with Crippen LogP contribution in [0.3, 0.4) is 0 Å². The molecule has 4 heteroatoms. The highest BCUT2D eigenvalue weighted by atomic mass is 79.9. The predicted octanol–water partition coefficient (Wildman–Crippen LogP) is 4.20. The van der Waals surface area contributed by atoms with Crippen LogP contribution in [0.5, 0.6) is 0 Å². The lowest BCUT2D eigenvalue weighted by atomic mass is 10.2. The first-order valence-electron chi connectivity index (χ1n) is 6.41. The molecule has 2 heterocycles. The molecule has 1 aliphatic rings. The Balaban J connectivity index is 2.02. The van der Waals surface area contributed by atoms with Crippen molar-refractivity contribution in [3.05, 3.63) is 47.2 Å². The maximum absolute atomic E-state index is 4.80. The maximum atomic E-state index is 4.80. The van der Waals surface area contributed by atoms with Gasteiger partial charge in [0.15, 0.2) is 0 Å². The van der Waals surface area contributed by atoms with Gasteiger partial charge in [0.2, 0.25) is 0 Å². The third kappa shape index (κ3) is 1.87. The number of aromatic nitrogens is 3. The molecule has 0 radical (unpaired) electrons. The summed E-state index contributed by atoms with van der Waals surface area (Å²) < 4.78 is 3.47. The number of halogens is 1. The zero-order valence-corrected chi connectivity index (χ0v) is 11.8. The first kappa shape index (κ1) is 11.2. The first-order chi connectivity index (χ1) is 9.33. The van der Waals surface area contributed by atoms with E-state index < -0.39 is 0 Å². The zero-order chi connectivity index (χ0) is 12.8. The molecule has 3 aromatic rings. The summed E-state index contributed by atoms with van der Waals surface area (Å²) in [6.45, 7) is 0. The molecule has 0 N–H and O–H groups in total. The van der Waals surface area contributed by atoms with E-state index in [0.29, 0.717) is 6.04 Å². The summed E-state index contributed by atoms with van der Waals surface area (Å²) in [5.41, 5.74) is 3.40. The minimum Gasteiger partial charge on any atom is -0.321 e. The molecule has 0 saturated heterocycles. The smallest absolute Gasteiger partial charge is 0.141 e. The quantitative estimate of drug-likeness (QED) is 0.710. The van der Waals surface area contributed by atoms with Crippen LogP contribution < -0.4 is 0 Å². The standard InChI is InChI=1S/C15H12BrN3/c16-11-1-4-13-14(9-11)19(12-2-3-12)15(18-13)10-5-7-17-8-6-10/h1,4-9,12H,2-3H2. The van der Waals surface area contributed by atoms with Crippen molar-refractivity contribution >= 4 is 27.0 Å². The average Bonchev–Trinajstić information content (AvgIpc) is 3.21. The number of nitrogens with zero attached hydrogens (tertiary/aromatic N) is 3. The van der Waals surface area contributed by atoms with Gasteiger partial charge in [-0.3, -0.25) is 4.98 Å². The van der Waals surface area contributed by atoms with Crippen molar-refractivity contribution in [1.29, 1.82) is 0 Å². The van der Waals surface area contributed by atoms with Gasteiger partial charge in [0, 0.05) is 28.5 Å². The number of hydrogen-bond donors (Lipinski definition) is 0. The minimum absolute atomic E-state index is 0.600. The van der Waals surface area contributed by atoms with Crippen molar-refractivity contribution in [3.63, 3.8) is 0 Å². The van der Waals surface area contributed by atoms with Gasteiger partial charge in [-0.25, -0.2) is 4.98 Å². The van der Waals surface area contributed by atoms with Gasteiger partial charge in [-0.05, 0) is 43.2 Å². The van der Waals surface area contributed by atoms with Crippen LogP contribution in [0.2, 0.25) is 0 Å². The first-order valence-corrected chi connectivity index (χ1v) is 7.20. The Morgan fingerprint density at radius 3 is 2.63 bits per heavy atom. The zero-order valence-electron chi connectivity index (χ0n) is 10.3. The van der Waals surface area contributed by atoms with Gasteiger partial charge >= 0.3 is 0 Å². The van der Waals surface area contributed by atoms with E-state index in [9.17, 15) is 0 Å². The van der Waals surface area contributed by atoms with E-state index in [1.54, 1.807) is 0 Å². The summed E-state index contributed by atoms with van der Waals surface area (Å²) in [6.07, 6.45) is 6.13. The van der Waals surface area contributed by atoms with E-state index in [-0.39, 0.29) is 0 Å². The van der Waals surface area contributed by atoms with Crippen molar-refractivity contribution in [2.75, 3.05) is 0 Å². The van der Waals surface area contributed by atoms with Crippen molar-refractivity contribution in [2.45, 2.75) is 18.9 Å². The molecule has 0 amide bonds. The summed E-state index contributed by atoms with van der Waals surface area (Å²) in [6, 6.07) is 10.9. The van der Waals surface area contributed by atoms with E-state index in [2.05, 4.69) is 37.6 Å². The fourth-order valence-electron chi connectivity index (χ4n) is 2.47. The monoisotopic (exact) mass is 313 g/mol. The molecule has 4 rings (SSSR count). The van der Waals surface area contributed by atoms with E-state index in [1.165, 1.54) is 18.4 Å². The van der Waals surface area contributed by atoms with Gasteiger partial charge in [-0.1, -0.05) is 15.9 Å². The number of hydrogen-bond acceptors (Lipinski definition) is 2. The fourth-order valence-corrected chi connectivity index (χ4v) is 2.82. The van der Waals surface area contributed by atoms with E-state index in [1.807, 2.05) is 30.6 Å². The highest BCUT2D eigenvalue weighted by Gasteiger charge is 2.28. The number of imidazole rings is 1. The Hall–Kier alpha value is -1.68. The Bertz CT molecular complexity index is 745. The van der Waals surface area contributed by atoms with Crippen LogP contribution in [0.1, 0.15) is 18.9 Å².